The number of unbranched alkanes of at least 4 members (excludes halogenated alkanes) is 6. The number of fused-ring (bicyclic) bond motifs is 4. The molecule has 0 radical (unpaired) electrons. The Morgan fingerprint density at radius 3 is 1.24 bits per heavy atom. The van der Waals surface area contributed by atoms with Crippen LogP contribution in [0.2, 0.25) is 0 Å². The molecule has 2 aromatic heterocycles. The van der Waals surface area contributed by atoms with E-state index in [-0.39, 0.29) is 113 Å². The second-order valence-electron chi connectivity index (χ2n) is 14.1. The molecule has 6 rings (SSSR count). The van der Waals surface area contributed by atoms with Crippen LogP contribution in [0.1, 0.15) is 97.1 Å². The first-order chi connectivity index (χ1) is 26.4. The summed E-state index contributed by atoms with van der Waals surface area (Å²) in [4.78, 5) is 48.9. The molecule has 0 spiro atoms. The summed E-state index contributed by atoms with van der Waals surface area (Å²) in [6, 6.07) is 14.3. The quantitative estimate of drug-likeness (QED) is 0.0898. The monoisotopic (exact) mass is 846 g/mol. The fourth-order valence-electron chi connectivity index (χ4n) is 6.56. The number of carbonyl (C=O) groups is 2. The molecular weight excluding hydrogens is 803 g/mol. The number of aromatic carboxylic acids is 2. The topological polar surface area (TPSA) is 223 Å². The second kappa shape index (κ2) is 20.8. The number of carboxylic acids is 2. The van der Waals surface area contributed by atoms with Crippen molar-refractivity contribution in [3.63, 3.8) is 0 Å². The molecule has 0 aliphatic carbocycles. The van der Waals surface area contributed by atoms with Gasteiger partial charge in [-0.1, -0.05) is 52.4 Å². The molecule has 16 heteroatoms. The summed E-state index contributed by atoms with van der Waals surface area (Å²) in [5.74, 6) is -2.76. The molecule has 0 amide bonds. The van der Waals surface area contributed by atoms with Crippen LogP contribution in [-0.4, -0.2) is 32.9 Å². The van der Waals surface area contributed by atoms with E-state index in [0.29, 0.717) is 24.0 Å². The summed E-state index contributed by atoms with van der Waals surface area (Å²) >= 11 is 0. The molecule has 4 aromatic carbocycles. The van der Waals surface area contributed by atoms with Crippen LogP contribution in [0, 0.1) is 9.56 Å². The maximum Gasteiger partial charge on any atom is 1.00 e. The van der Waals surface area contributed by atoms with Gasteiger partial charge in [0.25, 0.3) is 0 Å². The third-order valence-electron chi connectivity index (χ3n) is 9.61. The number of nitrogens with one attached hydrogen (secondary N) is 2. The van der Waals surface area contributed by atoms with Gasteiger partial charge in [-0.05, 0) is 109 Å². The second-order valence-corrected chi connectivity index (χ2v) is 18.4. The molecule has 0 fully saturated rings. The molecule has 296 valence electrons. The minimum atomic E-state index is -3.03. The first kappa shape index (κ1) is 49.0. The van der Waals surface area contributed by atoms with Crippen molar-refractivity contribution in [2.75, 3.05) is 12.5 Å². The molecule has 2 atom stereocenters. The van der Waals surface area contributed by atoms with Gasteiger partial charge >= 0.3 is 59.1 Å². The van der Waals surface area contributed by atoms with Crippen molar-refractivity contribution in [3.8, 4) is 0 Å². The summed E-state index contributed by atoms with van der Waals surface area (Å²) < 4.78 is 52.4. The Hall–Kier alpha value is -3.34. The summed E-state index contributed by atoms with van der Waals surface area (Å²) in [5.41, 5.74) is 1.83. The van der Waals surface area contributed by atoms with Crippen LogP contribution in [0.4, 0.5) is 0 Å². The molecule has 6 aromatic rings. The molecule has 0 saturated heterocycles. The number of benzene rings is 4. The van der Waals surface area contributed by atoms with Crippen LogP contribution in [0.3, 0.4) is 0 Å². The van der Waals surface area contributed by atoms with Crippen LogP contribution >= 0.6 is 0 Å². The molecule has 2 heterocycles. The Balaban J connectivity index is 0.000000300. The van der Waals surface area contributed by atoms with Crippen molar-refractivity contribution in [3.05, 3.63) is 103 Å². The number of carbonyl (C=O) groups excluding carboxylic acids is 2. The number of aryl methyl sites for hydroxylation is 2. The number of hydrogen-bond donors (Lipinski definition) is 2. The van der Waals surface area contributed by atoms with E-state index in [1.165, 1.54) is 61.0 Å². The van der Waals surface area contributed by atoms with Crippen molar-refractivity contribution < 1.29 is 96.2 Å². The number of carboxylic acid groups (broad SMARTS) is 2. The van der Waals surface area contributed by atoms with Crippen molar-refractivity contribution >= 4 is 75.3 Å². The Morgan fingerprint density at radius 1 is 0.569 bits per heavy atom. The van der Waals surface area contributed by atoms with Gasteiger partial charge in [0.1, 0.15) is 22.3 Å². The van der Waals surface area contributed by atoms with E-state index in [9.17, 15) is 37.8 Å². The third kappa shape index (κ3) is 11.5. The van der Waals surface area contributed by atoms with Gasteiger partial charge in [0.05, 0.1) is 52.9 Å². The molecule has 0 saturated carbocycles. The van der Waals surface area contributed by atoms with Gasteiger partial charge < -0.3 is 28.6 Å². The SMILES string of the molecule is CCCCCCc1cc(S(C)(=N)=O)cc2c(=O)c3cc(C(=O)[O-])ccc3oc12.CCCCCCc1cc(S(C)(=N)=O)cc2c(=O)c3cc(C(=O)[O-])ccc3oc12.[Na+].[Na+]. The van der Waals surface area contributed by atoms with Crippen molar-refractivity contribution in [1.29, 1.82) is 9.56 Å². The Morgan fingerprint density at radius 2 is 0.931 bits per heavy atom. The molecular formula is C42H44N2Na2O10S2. The number of hydrogen-bond acceptors (Lipinski definition) is 12. The van der Waals surface area contributed by atoms with Gasteiger partial charge in [-0.3, -0.25) is 9.59 Å². The summed E-state index contributed by atoms with van der Waals surface area (Å²) in [5, 5.41) is 22.9. The smallest absolute Gasteiger partial charge is 0.545 e. The minimum Gasteiger partial charge on any atom is -0.545 e. The Kier molecular flexibility index (Phi) is 17.5. The van der Waals surface area contributed by atoms with Gasteiger partial charge in [0.15, 0.2) is 0 Å². The zero-order valence-corrected chi connectivity index (χ0v) is 39.4. The van der Waals surface area contributed by atoms with Crippen LogP contribution in [0.25, 0.3) is 43.9 Å². The van der Waals surface area contributed by atoms with Gasteiger partial charge in [0.2, 0.25) is 10.9 Å². The van der Waals surface area contributed by atoms with E-state index in [0.717, 1.165) is 62.5 Å². The van der Waals surface area contributed by atoms with Gasteiger partial charge in [0, 0.05) is 22.3 Å². The van der Waals surface area contributed by atoms with Gasteiger partial charge in [-0.25, -0.2) is 18.0 Å². The minimum absolute atomic E-state index is 0. The first-order valence-corrected chi connectivity index (χ1v) is 22.3. The molecule has 0 aliphatic rings. The maximum atomic E-state index is 13.0. The van der Waals surface area contributed by atoms with Crippen molar-refractivity contribution in [2.45, 2.75) is 87.8 Å². The molecule has 12 nitrogen and oxygen atoms in total. The van der Waals surface area contributed by atoms with E-state index in [4.69, 9.17) is 18.4 Å². The maximum absolute atomic E-state index is 13.0. The molecule has 2 N–H and O–H groups in total. The van der Waals surface area contributed by atoms with E-state index >= 15 is 0 Å². The Bertz CT molecular complexity index is 2660. The molecule has 2 unspecified atom stereocenters. The molecule has 0 bridgehead atoms. The summed E-state index contributed by atoms with van der Waals surface area (Å²) in [7, 11) is -6.06. The standard InChI is InChI=1S/2C21H23NO5S.2Na/c2*1-3-4-5-6-7-13-10-15(28(2,22)26)12-17-19(23)16-11-14(21(24)25)8-9-18(16)27-20(13)17;;/h2*8-12,22H,3-7H2,1-2H3,(H,24,25);;/q;;2*+1/p-2. The van der Waals surface area contributed by atoms with Crippen LogP contribution in [-0.2, 0) is 32.3 Å². The van der Waals surface area contributed by atoms with E-state index in [2.05, 4.69) is 13.8 Å². The van der Waals surface area contributed by atoms with E-state index in [1.807, 2.05) is 0 Å². The van der Waals surface area contributed by atoms with Crippen LogP contribution in [0.5, 0.6) is 0 Å². The zero-order valence-electron chi connectivity index (χ0n) is 33.7. The zero-order chi connectivity index (χ0) is 40.9. The fraction of sp³-hybridized carbons (Fsp3) is 0.333. The fourth-order valence-corrected chi connectivity index (χ4v) is 7.98. The third-order valence-corrected chi connectivity index (χ3v) is 11.9. The summed E-state index contributed by atoms with van der Waals surface area (Å²) in [6.45, 7) is 4.24. The van der Waals surface area contributed by atoms with E-state index in [1.54, 1.807) is 12.1 Å². The normalized spacial score (nSPS) is 13.2. The first-order valence-electron chi connectivity index (χ1n) is 18.4. The van der Waals surface area contributed by atoms with Crippen molar-refractivity contribution in [2.24, 2.45) is 0 Å². The average molecular weight is 847 g/mol. The Labute approximate surface area is 381 Å². The van der Waals surface area contributed by atoms with Crippen LogP contribution < -0.4 is 80.2 Å². The number of rotatable bonds is 14. The van der Waals surface area contributed by atoms with Crippen LogP contribution in [0.15, 0.2) is 88.9 Å². The van der Waals surface area contributed by atoms with Gasteiger partial charge in [-0.2, -0.15) is 0 Å². The van der Waals surface area contributed by atoms with Crippen molar-refractivity contribution in [1.82, 2.24) is 0 Å². The summed E-state index contributed by atoms with van der Waals surface area (Å²) in [6.07, 6.45) is 12.1. The van der Waals surface area contributed by atoms with Gasteiger partial charge in [-0.15, -0.1) is 0 Å². The largest absolute Gasteiger partial charge is 1.00 e. The molecule has 0 aliphatic heterocycles. The molecule has 58 heavy (non-hydrogen) atoms. The van der Waals surface area contributed by atoms with E-state index < -0.39 is 42.3 Å². The predicted molar refractivity (Wildman–Crippen MR) is 214 cm³/mol. The predicted octanol–water partition coefficient (Wildman–Crippen LogP) is 0.944. The average Bonchev–Trinajstić information content (AvgIpc) is 3.14.